The molecule has 3 aromatic rings. The van der Waals surface area contributed by atoms with Gasteiger partial charge in [0.15, 0.2) is 5.76 Å². The molecular formula is C18H22N4O3. The Bertz CT molecular complexity index is 821. The molecule has 4 heterocycles. The minimum atomic E-state index is 0.129. The van der Waals surface area contributed by atoms with E-state index in [1.807, 2.05) is 43.1 Å². The highest BCUT2D eigenvalue weighted by molar-refractivity contribution is 5.44. The zero-order valence-electron chi connectivity index (χ0n) is 14.5. The Hall–Kier alpha value is -2.38. The van der Waals surface area contributed by atoms with Gasteiger partial charge in [0.25, 0.3) is 5.89 Å². The van der Waals surface area contributed by atoms with E-state index in [9.17, 15) is 0 Å². The molecule has 0 saturated carbocycles. The zero-order chi connectivity index (χ0) is 17.2. The minimum Gasteiger partial charge on any atom is -0.459 e. The molecule has 132 valence electrons. The van der Waals surface area contributed by atoms with Crippen LogP contribution >= 0.6 is 0 Å². The van der Waals surface area contributed by atoms with Crippen LogP contribution in [-0.4, -0.2) is 45.5 Å². The average molecular weight is 342 g/mol. The van der Waals surface area contributed by atoms with E-state index in [2.05, 4.69) is 15.0 Å². The predicted octanol–water partition coefficient (Wildman–Crippen LogP) is 2.65. The Morgan fingerprint density at radius 3 is 3.00 bits per heavy atom. The topological polar surface area (TPSA) is 69.5 Å². The summed E-state index contributed by atoms with van der Waals surface area (Å²) < 4.78 is 18.9. The van der Waals surface area contributed by atoms with E-state index in [0.29, 0.717) is 18.3 Å². The molecule has 1 aliphatic rings. The molecule has 7 heteroatoms. The fraction of sp³-hybridized carbons (Fsp3) is 0.444. The van der Waals surface area contributed by atoms with Crippen LogP contribution in [0.25, 0.3) is 11.7 Å². The van der Waals surface area contributed by atoms with Crippen molar-refractivity contribution in [2.24, 2.45) is 0 Å². The number of aromatic nitrogens is 3. The van der Waals surface area contributed by atoms with E-state index in [1.54, 1.807) is 6.26 Å². The summed E-state index contributed by atoms with van der Waals surface area (Å²) >= 11 is 0. The van der Waals surface area contributed by atoms with Crippen LogP contribution in [0.3, 0.4) is 0 Å². The van der Waals surface area contributed by atoms with Gasteiger partial charge in [0.2, 0.25) is 0 Å². The van der Waals surface area contributed by atoms with Crippen LogP contribution in [0.15, 0.2) is 39.6 Å². The van der Waals surface area contributed by atoms with Crippen molar-refractivity contribution in [2.45, 2.75) is 33.0 Å². The molecule has 25 heavy (non-hydrogen) atoms. The van der Waals surface area contributed by atoms with E-state index in [0.717, 1.165) is 43.2 Å². The van der Waals surface area contributed by atoms with Crippen molar-refractivity contribution in [3.05, 3.63) is 47.8 Å². The summed E-state index contributed by atoms with van der Waals surface area (Å²) in [6.45, 7) is 7.94. The Labute approximate surface area is 146 Å². The Morgan fingerprint density at radius 2 is 2.24 bits per heavy atom. The second-order valence-corrected chi connectivity index (χ2v) is 6.47. The first-order valence-electron chi connectivity index (χ1n) is 8.50. The molecule has 0 aliphatic carbocycles. The Balaban J connectivity index is 1.40. The highest BCUT2D eigenvalue weighted by Crippen LogP contribution is 2.23. The van der Waals surface area contributed by atoms with Gasteiger partial charge in [-0.25, -0.2) is 4.98 Å². The molecule has 0 N–H and O–H groups in total. The summed E-state index contributed by atoms with van der Waals surface area (Å²) in [5, 5.41) is 4.35. The Kier molecular flexibility index (Phi) is 4.42. The molecule has 0 amide bonds. The maximum atomic E-state index is 5.89. The first-order chi connectivity index (χ1) is 12.2. The molecule has 0 radical (unpaired) electrons. The van der Waals surface area contributed by atoms with Crippen molar-refractivity contribution >= 4 is 0 Å². The van der Waals surface area contributed by atoms with Crippen molar-refractivity contribution in [1.29, 1.82) is 0 Å². The molecule has 7 nitrogen and oxygen atoms in total. The molecule has 1 aliphatic heterocycles. The number of hydrogen-bond donors (Lipinski definition) is 0. The molecule has 1 fully saturated rings. The lowest BCUT2D eigenvalue weighted by Gasteiger charge is -2.32. The molecule has 1 saturated heterocycles. The lowest BCUT2D eigenvalue weighted by Crippen LogP contribution is -2.43. The van der Waals surface area contributed by atoms with E-state index in [1.165, 1.54) is 0 Å². The number of aryl methyl sites for hydroxylation is 2. The highest BCUT2D eigenvalue weighted by Gasteiger charge is 2.23. The van der Waals surface area contributed by atoms with Gasteiger partial charge in [0.05, 0.1) is 37.4 Å². The fourth-order valence-corrected chi connectivity index (χ4v) is 3.10. The summed E-state index contributed by atoms with van der Waals surface area (Å²) in [6, 6.07) is 3.68. The van der Waals surface area contributed by atoms with Crippen LogP contribution in [-0.2, 0) is 17.8 Å². The predicted molar refractivity (Wildman–Crippen MR) is 90.9 cm³/mol. The van der Waals surface area contributed by atoms with E-state index in [-0.39, 0.29) is 6.10 Å². The smallest absolute Gasteiger partial charge is 0.263 e. The van der Waals surface area contributed by atoms with Crippen LogP contribution < -0.4 is 0 Å². The normalized spacial score (nSPS) is 18.7. The minimum absolute atomic E-state index is 0.129. The molecule has 1 atom stereocenters. The molecule has 0 spiro atoms. The SMILES string of the molecule is Cc1cnn(C[C@H]2CN(Cc3nc(-c4ccco4)oc3C)CCO2)c1. The number of oxazole rings is 1. The van der Waals surface area contributed by atoms with Gasteiger partial charge in [0.1, 0.15) is 5.76 Å². The second kappa shape index (κ2) is 6.85. The summed E-state index contributed by atoms with van der Waals surface area (Å²) in [4.78, 5) is 6.95. The van der Waals surface area contributed by atoms with Crippen LogP contribution in [0.5, 0.6) is 0 Å². The summed E-state index contributed by atoms with van der Waals surface area (Å²) in [6.07, 6.45) is 5.66. The molecule has 3 aromatic heterocycles. The largest absolute Gasteiger partial charge is 0.459 e. The van der Waals surface area contributed by atoms with E-state index < -0.39 is 0 Å². The van der Waals surface area contributed by atoms with Crippen LogP contribution in [0.1, 0.15) is 17.0 Å². The third-order valence-corrected chi connectivity index (χ3v) is 4.37. The third kappa shape index (κ3) is 3.67. The number of ether oxygens (including phenoxy) is 1. The standard InChI is InChI=1S/C18H22N4O3/c1-13-8-19-22(9-13)11-15-10-21(5-7-23-15)12-16-14(2)25-18(20-16)17-4-3-6-24-17/h3-4,6,8-9,15H,5,7,10-12H2,1-2H3/t15-/m1/s1. The fourth-order valence-electron chi connectivity index (χ4n) is 3.10. The number of hydrogen-bond acceptors (Lipinski definition) is 6. The quantitative estimate of drug-likeness (QED) is 0.710. The third-order valence-electron chi connectivity index (χ3n) is 4.37. The first kappa shape index (κ1) is 16.1. The number of rotatable bonds is 5. The molecule has 0 aromatic carbocycles. The van der Waals surface area contributed by atoms with E-state index in [4.69, 9.17) is 13.6 Å². The lowest BCUT2D eigenvalue weighted by atomic mass is 10.2. The molecule has 0 unspecified atom stereocenters. The van der Waals surface area contributed by atoms with Crippen molar-refractivity contribution in [3.8, 4) is 11.7 Å². The summed E-state index contributed by atoms with van der Waals surface area (Å²) in [7, 11) is 0. The van der Waals surface area contributed by atoms with Crippen molar-refractivity contribution in [1.82, 2.24) is 19.7 Å². The maximum absolute atomic E-state index is 5.89. The molecule has 4 rings (SSSR count). The number of nitrogens with zero attached hydrogens (tertiary/aromatic N) is 4. The molecular weight excluding hydrogens is 320 g/mol. The number of furan rings is 1. The van der Waals surface area contributed by atoms with Gasteiger partial charge in [0, 0.05) is 25.8 Å². The van der Waals surface area contributed by atoms with Gasteiger partial charge in [-0.1, -0.05) is 0 Å². The van der Waals surface area contributed by atoms with Crippen molar-refractivity contribution in [2.75, 3.05) is 19.7 Å². The van der Waals surface area contributed by atoms with Crippen LogP contribution in [0.2, 0.25) is 0 Å². The summed E-state index contributed by atoms with van der Waals surface area (Å²) in [5.41, 5.74) is 2.11. The van der Waals surface area contributed by atoms with Crippen molar-refractivity contribution < 1.29 is 13.6 Å². The monoisotopic (exact) mass is 342 g/mol. The number of morpholine rings is 1. The summed E-state index contributed by atoms with van der Waals surface area (Å²) in [5.74, 6) is 2.02. The lowest BCUT2D eigenvalue weighted by molar-refractivity contribution is -0.0406. The van der Waals surface area contributed by atoms with Crippen LogP contribution in [0.4, 0.5) is 0 Å². The maximum Gasteiger partial charge on any atom is 0.263 e. The first-order valence-corrected chi connectivity index (χ1v) is 8.50. The average Bonchev–Trinajstić information content (AvgIpc) is 3.31. The van der Waals surface area contributed by atoms with Crippen molar-refractivity contribution in [3.63, 3.8) is 0 Å². The highest BCUT2D eigenvalue weighted by atomic mass is 16.5. The van der Waals surface area contributed by atoms with Gasteiger partial charge in [-0.05, 0) is 31.5 Å². The van der Waals surface area contributed by atoms with Gasteiger partial charge >= 0.3 is 0 Å². The van der Waals surface area contributed by atoms with Gasteiger partial charge in [-0.2, -0.15) is 5.10 Å². The Morgan fingerprint density at radius 1 is 1.32 bits per heavy atom. The van der Waals surface area contributed by atoms with Gasteiger partial charge in [-0.15, -0.1) is 0 Å². The second-order valence-electron chi connectivity index (χ2n) is 6.47. The van der Waals surface area contributed by atoms with E-state index >= 15 is 0 Å². The molecule has 0 bridgehead atoms. The zero-order valence-corrected chi connectivity index (χ0v) is 14.5. The van der Waals surface area contributed by atoms with Gasteiger partial charge in [-0.3, -0.25) is 9.58 Å². The van der Waals surface area contributed by atoms with Crippen LogP contribution in [0, 0.1) is 13.8 Å². The van der Waals surface area contributed by atoms with Gasteiger partial charge < -0.3 is 13.6 Å².